The number of carbonyl (C=O) groups excluding carboxylic acids is 2. The standard InChI is InChI=1S/C52H59Cl3N18O5S3/c1-33(74)72(29-37-7-5-6-8-41(37)73(76)77)28-27-61-47-65-45(69-50(71-47)81-32-36-13-19-40(55)20-14-36)59-24-23-57-43-63-42(66-48(67-43)79-30-34-9-15-38(53)16-10-34)56-21-22-58-44-64-46(60-25-26-62-51(75)78-52(2,3)4)70-49(68-44)80-31-35-11-17-39(54)18-12-35/h5-20H,21-32H2,1-4H3,(H,62,75)(H2,56,57,63,66,67)(H2,58,60,64,68,70)(H2,59,61,65,69,71). The molecule has 0 aliphatic heterocycles. The molecule has 3 heterocycles. The highest BCUT2D eigenvalue weighted by atomic mass is 35.5. The number of hydrogen-bond donors (Lipinski definition) is 7. The number of thioether (sulfide) groups is 3. The normalized spacial score (nSPS) is 11.1. The minimum absolute atomic E-state index is 0.0568. The van der Waals surface area contributed by atoms with Crippen molar-refractivity contribution >= 4 is 123 Å². The molecule has 0 unspecified atom stereocenters. The van der Waals surface area contributed by atoms with Crippen molar-refractivity contribution in [3.05, 3.63) is 144 Å². The minimum Gasteiger partial charge on any atom is -0.444 e. The summed E-state index contributed by atoms with van der Waals surface area (Å²) in [6.07, 6.45) is -0.524. The van der Waals surface area contributed by atoms with Gasteiger partial charge in [0.15, 0.2) is 15.5 Å². The van der Waals surface area contributed by atoms with E-state index in [0.29, 0.717) is 116 Å². The van der Waals surface area contributed by atoms with Crippen LogP contribution >= 0.6 is 70.1 Å². The second-order valence-corrected chi connectivity index (χ2v) is 22.5. The number of nitrogens with zero attached hydrogens (tertiary/aromatic N) is 11. The van der Waals surface area contributed by atoms with Gasteiger partial charge >= 0.3 is 6.09 Å². The third-order valence-corrected chi connectivity index (χ3v) is 14.3. The summed E-state index contributed by atoms with van der Waals surface area (Å²) in [5, 5.41) is 37.2. The number of carbonyl (C=O) groups is 2. The van der Waals surface area contributed by atoms with Crippen molar-refractivity contribution in [2.75, 3.05) is 84.3 Å². The molecule has 3 aromatic heterocycles. The zero-order chi connectivity index (χ0) is 57.6. The third kappa shape index (κ3) is 22.0. The molecule has 0 spiro atoms. The Morgan fingerprint density at radius 3 is 1.22 bits per heavy atom. The number of halogens is 3. The number of benzene rings is 4. The van der Waals surface area contributed by atoms with Crippen LogP contribution in [-0.4, -0.2) is 125 Å². The van der Waals surface area contributed by atoms with Crippen LogP contribution in [0.3, 0.4) is 0 Å². The second kappa shape index (κ2) is 31.1. The fourth-order valence-electron chi connectivity index (χ4n) is 6.95. The number of alkyl carbamates (subject to hydrolysis) is 1. The van der Waals surface area contributed by atoms with Gasteiger partial charge in [-0.05, 0) is 73.9 Å². The molecule has 0 atom stereocenters. The van der Waals surface area contributed by atoms with Gasteiger partial charge in [-0.25, -0.2) is 4.79 Å². The van der Waals surface area contributed by atoms with E-state index in [-0.39, 0.29) is 43.7 Å². The van der Waals surface area contributed by atoms with Gasteiger partial charge in [-0.1, -0.05) is 125 Å². The third-order valence-electron chi connectivity index (χ3n) is 10.8. The van der Waals surface area contributed by atoms with E-state index in [1.54, 1.807) is 39.0 Å². The second-order valence-electron chi connectivity index (χ2n) is 18.4. The minimum atomic E-state index is -0.624. The molecule has 0 bridgehead atoms. The Morgan fingerprint density at radius 1 is 0.531 bits per heavy atom. The Balaban J connectivity index is 0.993. The van der Waals surface area contributed by atoms with Gasteiger partial charge in [0.05, 0.1) is 11.5 Å². The molecule has 4 aromatic carbocycles. The average Bonchev–Trinajstić information content (AvgIpc) is 3.47. The summed E-state index contributed by atoms with van der Waals surface area (Å²) in [6, 6.07) is 29.0. The van der Waals surface area contributed by atoms with Crippen LogP contribution in [0.2, 0.25) is 15.1 Å². The number of anilines is 6. The first-order chi connectivity index (χ1) is 39.0. The summed E-state index contributed by atoms with van der Waals surface area (Å²) in [5.41, 5.74) is 2.83. The summed E-state index contributed by atoms with van der Waals surface area (Å²) in [5.74, 6) is 3.35. The molecule has 7 N–H and O–H groups in total. The first-order valence-electron chi connectivity index (χ1n) is 25.3. The maximum Gasteiger partial charge on any atom is 0.407 e. The number of nitrogens with one attached hydrogen (secondary N) is 7. The summed E-state index contributed by atoms with van der Waals surface area (Å²) < 4.78 is 5.34. The molecule has 2 amide bonds. The zero-order valence-corrected chi connectivity index (χ0v) is 49.3. The summed E-state index contributed by atoms with van der Waals surface area (Å²) in [7, 11) is 0. The number of hydrogen-bond acceptors (Lipinski definition) is 23. The lowest BCUT2D eigenvalue weighted by molar-refractivity contribution is -0.385. The molecule has 0 aliphatic carbocycles. The molecule has 0 fully saturated rings. The molecule has 0 radical (unpaired) electrons. The van der Waals surface area contributed by atoms with Crippen LogP contribution < -0.4 is 37.2 Å². The molecule has 7 aromatic rings. The predicted octanol–water partition coefficient (Wildman–Crippen LogP) is 10.4. The Bertz CT molecular complexity index is 3190. The predicted molar refractivity (Wildman–Crippen MR) is 322 cm³/mol. The van der Waals surface area contributed by atoms with Crippen molar-refractivity contribution in [1.29, 1.82) is 0 Å². The van der Waals surface area contributed by atoms with Crippen LogP contribution in [-0.2, 0) is 33.3 Å². The maximum atomic E-state index is 12.7. The quantitative estimate of drug-likeness (QED) is 0.00953. The number of nitro groups is 1. The summed E-state index contributed by atoms with van der Waals surface area (Å²) >= 11 is 22.7. The Hall–Kier alpha value is -7.23. The van der Waals surface area contributed by atoms with Crippen molar-refractivity contribution in [2.45, 2.75) is 72.6 Å². The van der Waals surface area contributed by atoms with E-state index in [1.165, 1.54) is 53.2 Å². The Kier molecular flexibility index (Phi) is 23.6. The molecule has 29 heteroatoms. The summed E-state index contributed by atoms with van der Waals surface area (Å²) in [6.45, 7) is 9.35. The van der Waals surface area contributed by atoms with E-state index in [4.69, 9.17) is 49.5 Å². The largest absolute Gasteiger partial charge is 0.444 e. The highest BCUT2D eigenvalue weighted by Gasteiger charge is 2.19. The Morgan fingerprint density at radius 2 is 0.877 bits per heavy atom. The maximum absolute atomic E-state index is 12.7. The monoisotopic (exact) mass is 1220 g/mol. The van der Waals surface area contributed by atoms with E-state index in [2.05, 4.69) is 72.1 Å². The number of amides is 2. The zero-order valence-electron chi connectivity index (χ0n) is 44.5. The van der Waals surface area contributed by atoms with Crippen molar-refractivity contribution in [3.63, 3.8) is 0 Å². The molecular formula is C52H59Cl3N18O5S3. The van der Waals surface area contributed by atoms with Crippen molar-refractivity contribution in [1.82, 2.24) is 55.1 Å². The number of rotatable bonds is 30. The van der Waals surface area contributed by atoms with E-state index >= 15 is 0 Å². The van der Waals surface area contributed by atoms with Gasteiger partial charge in [-0.3, -0.25) is 14.9 Å². The molecule has 426 valence electrons. The SMILES string of the molecule is CC(=O)N(CCNc1nc(NCCNc2nc(NCCNc3nc(NCCNC(=O)OC(C)(C)C)nc(SCc4ccc(Cl)cc4)n3)nc(SCc3ccc(Cl)cc3)n2)nc(SCc2ccc(Cl)cc2)n1)Cc1ccccc1[N+](=O)[O-]. The molecule has 81 heavy (non-hydrogen) atoms. The number of aromatic nitrogens is 9. The van der Waals surface area contributed by atoms with Crippen LogP contribution in [0.25, 0.3) is 0 Å². The number of ether oxygens (including phenoxy) is 1. The Labute approximate surface area is 496 Å². The fourth-order valence-corrected chi connectivity index (χ4v) is 9.70. The highest BCUT2D eigenvalue weighted by molar-refractivity contribution is 7.98. The van der Waals surface area contributed by atoms with E-state index in [1.807, 2.05) is 72.8 Å². The molecule has 0 aliphatic rings. The topological polar surface area (TPSA) is 290 Å². The van der Waals surface area contributed by atoms with Crippen LogP contribution in [0.15, 0.2) is 113 Å². The van der Waals surface area contributed by atoms with Gasteiger partial charge in [-0.2, -0.15) is 44.9 Å². The van der Waals surface area contributed by atoms with Gasteiger partial charge in [0.25, 0.3) is 5.69 Å². The van der Waals surface area contributed by atoms with Gasteiger partial charge in [-0.15, -0.1) is 0 Å². The van der Waals surface area contributed by atoms with Crippen LogP contribution in [0.5, 0.6) is 0 Å². The molecular weight excluding hydrogens is 1160 g/mol. The highest BCUT2D eigenvalue weighted by Crippen LogP contribution is 2.26. The van der Waals surface area contributed by atoms with Crippen molar-refractivity contribution < 1.29 is 19.2 Å². The molecule has 7 rings (SSSR count). The van der Waals surface area contributed by atoms with Crippen molar-refractivity contribution in [2.24, 2.45) is 0 Å². The van der Waals surface area contributed by atoms with Crippen LogP contribution in [0.4, 0.5) is 46.2 Å². The molecule has 0 saturated heterocycles. The van der Waals surface area contributed by atoms with Crippen LogP contribution in [0, 0.1) is 10.1 Å². The summed E-state index contributed by atoms with van der Waals surface area (Å²) in [4.78, 5) is 79.5. The van der Waals surface area contributed by atoms with Gasteiger partial charge < -0.3 is 46.9 Å². The molecule has 23 nitrogen and oxygen atoms in total. The first-order valence-corrected chi connectivity index (χ1v) is 29.4. The molecule has 0 saturated carbocycles. The lowest BCUT2D eigenvalue weighted by atomic mass is 10.1. The lowest BCUT2D eigenvalue weighted by Gasteiger charge is -2.21. The number of nitro benzene ring substituents is 1. The van der Waals surface area contributed by atoms with Crippen molar-refractivity contribution in [3.8, 4) is 0 Å². The van der Waals surface area contributed by atoms with E-state index in [9.17, 15) is 19.7 Å². The van der Waals surface area contributed by atoms with Gasteiger partial charge in [0.1, 0.15) is 5.60 Å². The number of para-hydroxylation sites is 1. The smallest absolute Gasteiger partial charge is 0.407 e. The fraction of sp³-hybridized carbons (Fsp3) is 0.327. The lowest BCUT2D eigenvalue weighted by Crippen LogP contribution is -2.35. The van der Waals surface area contributed by atoms with E-state index < -0.39 is 16.6 Å². The average molecular weight is 1220 g/mol. The first kappa shape index (κ1) is 61.4. The van der Waals surface area contributed by atoms with Gasteiger partial charge in [0, 0.05) is 103 Å². The van der Waals surface area contributed by atoms with Crippen LogP contribution in [0.1, 0.15) is 49.9 Å². The van der Waals surface area contributed by atoms with Gasteiger partial charge in [0.2, 0.25) is 41.6 Å². The van der Waals surface area contributed by atoms with E-state index in [0.717, 1.165) is 16.7 Å².